The molecule has 0 saturated carbocycles. The van der Waals surface area contributed by atoms with Gasteiger partial charge in [-0.2, -0.15) is 5.06 Å². The molecule has 0 bridgehead atoms. The van der Waals surface area contributed by atoms with Crippen LogP contribution in [0.25, 0.3) is 11.3 Å². The number of hydroxylamine groups is 2. The molecule has 5 rings (SSSR count). The molecule has 0 fully saturated rings. The monoisotopic (exact) mass is 1060 g/mol. The van der Waals surface area contributed by atoms with E-state index in [1.165, 1.54) is 30.3 Å². The molecule has 4 aromatic carbocycles. The average Bonchev–Trinajstić information content (AvgIpc) is 3.96. The van der Waals surface area contributed by atoms with Crippen LogP contribution in [0, 0.1) is 11.8 Å². The molecular formula is C59H70N4O14. The molecule has 0 aliphatic rings. The minimum atomic E-state index is -1.52. The molecule has 3 N–H and O–H groups in total. The molecule has 2 unspecified atom stereocenters. The van der Waals surface area contributed by atoms with E-state index in [0.717, 1.165) is 36.3 Å². The standard InChI is InChI=1S/C59H70N4O14/c1-5-9-13-28-46(49(8-4)63(40-64)77-58(70)44(20-6-2)21-7-3)55(67)60-39-61-57(69)51-32-31-50(76-51)45-29-30-47(52(33-45)72-38-54(66)74-36-42-24-16-11-17-25-42)56(68)62-48(59(71)75-37-43-26-18-12-19-27-43)34-53(65)73-35-41-22-14-10-15-23-41/h10-12,14-19,22-27,29-33,40,44,46,48-49H,5-9,13,20-21,28,34-39H2,1-4H3,(H,60,67)(H,61,69)(H,62,68)/t46?,48?,49-/m1/s1. The fourth-order valence-electron chi connectivity index (χ4n) is 8.34. The summed E-state index contributed by atoms with van der Waals surface area (Å²) in [4.78, 5) is 112. The summed E-state index contributed by atoms with van der Waals surface area (Å²) in [5.41, 5.74) is 2.28. The summed E-state index contributed by atoms with van der Waals surface area (Å²) in [6.07, 6.45) is 5.71. The zero-order valence-corrected chi connectivity index (χ0v) is 44.2. The van der Waals surface area contributed by atoms with Gasteiger partial charge >= 0.3 is 23.9 Å². The van der Waals surface area contributed by atoms with Crippen molar-refractivity contribution in [3.63, 3.8) is 0 Å². The summed E-state index contributed by atoms with van der Waals surface area (Å²) >= 11 is 0. The second-order valence-electron chi connectivity index (χ2n) is 18.2. The average molecular weight is 1060 g/mol. The fraction of sp³-hybridized carbons (Fsp3) is 0.390. The first-order chi connectivity index (χ1) is 37.4. The Bertz CT molecular complexity index is 2670. The predicted molar refractivity (Wildman–Crippen MR) is 284 cm³/mol. The predicted octanol–water partition coefficient (Wildman–Crippen LogP) is 8.96. The van der Waals surface area contributed by atoms with Gasteiger partial charge in [0.25, 0.3) is 11.8 Å². The molecule has 0 saturated heterocycles. The first-order valence-corrected chi connectivity index (χ1v) is 26.2. The third-order valence-corrected chi connectivity index (χ3v) is 12.4. The third kappa shape index (κ3) is 19.4. The summed E-state index contributed by atoms with van der Waals surface area (Å²) < 4.78 is 28.2. The summed E-state index contributed by atoms with van der Waals surface area (Å²) in [6.45, 7) is 6.56. The van der Waals surface area contributed by atoms with Crippen LogP contribution in [0.3, 0.4) is 0 Å². The molecule has 18 nitrogen and oxygen atoms in total. The van der Waals surface area contributed by atoms with Crippen molar-refractivity contribution in [1.29, 1.82) is 0 Å². The van der Waals surface area contributed by atoms with Crippen molar-refractivity contribution < 1.29 is 66.6 Å². The highest BCUT2D eigenvalue weighted by Gasteiger charge is 2.35. The lowest BCUT2D eigenvalue weighted by molar-refractivity contribution is -0.208. The fourth-order valence-corrected chi connectivity index (χ4v) is 8.34. The molecule has 0 radical (unpaired) electrons. The van der Waals surface area contributed by atoms with Crippen LogP contribution in [0.4, 0.5) is 0 Å². The van der Waals surface area contributed by atoms with Crippen LogP contribution < -0.4 is 20.7 Å². The Morgan fingerprint density at radius 3 is 1.79 bits per heavy atom. The van der Waals surface area contributed by atoms with E-state index in [4.69, 9.17) is 28.2 Å². The number of esters is 3. The van der Waals surface area contributed by atoms with Crippen LogP contribution in [0.1, 0.15) is 130 Å². The minimum Gasteiger partial charge on any atom is -0.481 e. The summed E-state index contributed by atoms with van der Waals surface area (Å²) in [5.74, 6) is -6.26. The molecule has 0 aliphatic heterocycles. The molecule has 77 heavy (non-hydrogen) atoms. The van der Waals surface area contributed by atoms with Gasteiger partial charge in [0.2, 0.25) is 12.3 Å². The van der Waals surface area contributed by atoms with E-state index in [9.17, 15) is 38.4 Å². The number of rotatable bonds is 33. The number of nitrogens with one attached hydrogen (secondary N) is 3. The van der Waals surface area contributed by atoms with Crippen LogP contribution in [-0.2, 0) is 67.6 Å². The lowest BCUT2D eigenvalue weighted by Crippen LogP contribution is -2.49. The van der Waals surface area contributed by atoms with E-state index in [0.29, 0.717) is 55.2 Å². The Hall–Kier alpha value is -8.28. The largest absolute Gasteiger partial charge is 0.481 e. The van der Waals surface area contributed by atoms with Crippen molar-refractivity contribution >= 4 is 48.0 Å². The van der Waals surface area contributed by atoms with Gasteiger partial charge in [0.05, 0.1) is 36.5 Å². The van der Waals surface area contributed by atoms with E-state index < -0.39 is 72.6 Å². The Morgan fingerprint density at radius 1 is 0.623 bits per heavy atom. The normalized spacial score (nSPS) is 12.0. The molecule has 410 valence electrons. The lowest BCUT2D eigenvalue weighted by atomic mass is 9.90. The van der Waals surface area contributed by atoms with Crippen LogP contribution in [-0.4, -0.2) is 78.4 Å². The number of ether oxygens (including phenoxy) is 4. The van der Waals surface area contributed by atoms with Crippen LogP contribution in [0.2, 0.25) is 0 Å². The van der Waals surface area contributed by atoms with Gasteiger partial charge in [-0.15, -0.1) is 0 Å². The third-order valence-electron chi connectivity index (χ3n) is 12.4. The topological polar surface area (TPSA) is 235 Å². The van der Waals surface area contributed by atoms with Crippen LogP contribution >= 0.6 is 0 Å². The van der Waals surface area contributed by atoms with Crippen molar-refractivity contribution in [3.05, 3.63) is 149 Å². The van der Waals surface area contributed by atoms with Gasteiger partial charge in [0.15, 0.2) is 12.4 Å². The number of carbonyl (C=O) groups is 8. The zero-order valence-electron chi connectivity index (χ0n) is 44.2. The Morgan fingerprint density at radius 2 is 1.22 bits per heavy atom. The molecule has 1 heterocycles. The highest BCUT2D eigenvalue weighted by Crippen LogP contribution is 2.30. The molecule has 0 spiro atoms. The first kappa shape index (κ1) is 59.6. The van der Waals surface area contributed by atoms with E-state index in [2.05, 4.69) is 16.0 Å². The number of nitrogens with zero attached hydrogens (tertiary/aromatic N) is 1. The summed E-state index contributed by atoms with van der Waals surface area (Å²) in [5, 5.41) is 8.91. The minimum absolute atomic E-state index is 0.0437. The number of unbranched alkanes of at least 4 members (excludes halogenated alkanes) is 2. The van der Waals surface area contributed by atoms with Gasteiger partial charge in [0, 0.05) is 5.56 Å². The molecule has 4 amide bonds. The molecule has 1 aromatic heterocycles. The van der Waals surface area contributed by atoms with Gasteiger partial charge in [-0.25, -0.2) is 14.4 Å². The van der Waals surface area contributed by atoms with Crippen molar-refractivity contribution in [2.24, 2.45) is 11.8 Å². The SMILES string of the molecule is CCCCCC(C(=O)NCNC(=O)c1ccc(-c2ccc(C(=O)NC(CC(=O)OCc3ccccc3)C(=O)OCc3ccccc3)c(OCC(=O)OCc3ccccc3)c2)o1)[C@@H](CC)N(C=O)OC(=O)C(CCC)CCC. The Balaban J connectivity index is 1.32. The quantitative estimate of drug-likeness (QED) is 0.00889. The Labute approximate surface area is 449 Å². The Kier molecular flexibility index (Phi) is 24.9. The van der Waals surface area contributed by atoms with Gasteiger partial charge in [-0.3, -0.25) is 24.0 Å². The van der Waals surface area contributed by atoms with Crippen molar-refractivity contribution in [1.82, 2.24) is 21.0 Å². The van der Waals surface area contributed by atoms with Gasteiger partial charge in [0.1, 0.15) is 37.4 Å². The smallest absolute Gasteiger partial charge is 0.344 e. The van der Waals surface area contributed by atoms with Crippen molar-refractivity contribution in [2.75, 3.05) is 13.3 Å². The maximum absolute atomic E-state index is 14.2. The summed E-state index contributed by atoms with van der Waals surface area (Å²) in [6, 6.07) is 31.6. The lowest BCUT2D eigenvalue weighted by Gasteiger charge is -2.32. The summed E-state index contributed by atoms with van der Waals surface area (Å²) in [7, 11) is 0. The highest BCUT2D eigenvalue weighted by atomic mass is 16.7. The zero-order chi connectivity index (χ0) is 55.4. The number of furan rings is 1. The number of carbonyl (C=O) groups excluding carboxylic acids is 8. The molecule has 0 aliphatic carbocycles. The molecule has 5 aromatic rings. The maximum atomic E-state index is 14.2. The maximum Gasteiger partial charge on any atom is 0.344 e. The van der Waals surface area contributed by atoms with E-state index >= 15 is 0 Å². The van der Waals surface area contributed by atoms with Crippen molar-refractivity contribution in [2.45, 2.75) is 124 Å². The van der Waals surface area contributed by atoms with Crippen LogP contribution in [0.15, 0.2) is 126 Å². The van der Waals surface area contributed by atoms with Gasteiger partial charge < -0.3 is 44.2 Å². The van der Waals surface area contributed by atoms with Crippen molar-refractivity contribution in [3.8, 4) is 17.1 Å². The van der Waals surface area contributed by atoms with E-state index in [1.54, 1.807) is 85.8 Å². The number of amides is 4. The van der Waals surface area contributed by atoms with Gasteiger partial charge in [-0.1, -0.05) is 157 Å². The molecule has 18 heteroatoms. The second-order valence-corrected chi connectivity index (χ2v) is 18.2. The molecular weight excluding hydrogens is 989 g/mol. The number of benzene rings is 4. The first-order valence-electron chi connectivity index (χ1n) is 26.2. The van der Waals surface area contributed by atoms with Crippen LogP contribution in [0.5, 0.6) is 5.75 Å². The highest BCUT2D eigenvalue weighted by molar-refractivity contribution is 6.00. The van der Waals surface area contributed by atoms with E-state index in [-0.39, 0.29) is 55.2 Å². The van der Waals surface area contributed by atoms with Gasteiger partial charge in [-0.05, 0) is 66.6 Å². The number of hydrogen-bond acceptors (Lipinski definition) is 14. The van der Waals surface area contributed by atoms with E-state index in [1.807, 2.05) is 32.9 Å². The number of hydrogen-bond donors (Lipinski definition) is 3. The molecule has 3 atom stereocenters. The second kappa shape index (κ2) is 32.2.